The maximum atomic E-state index is 15.0. The predicted molar refractivity (Wildman–Crippen MR) is 153 cm³/mol. The lowest BCUT2D eigenvalue weighted by atomic mass is 10.2. The van der Waals surface area contributed by atoms with Crippen molar-refractivity contribution >= 4 is 48.5 Å². The molecule has 1 aromatic heterocycles. The lowest BCUT2D eigenvalue weighted by molar-refractivity contribution is 0.0452. The van der Waals surface area contributed by atoms with Gasteiger partial charge < -0.3 is 29.3 Å². The molecule has 1 heterocycles. The number of ether oxygens (including phenoxy) is 3. The van der Waals surface area contributed by atoms with E-state index >= 15 is 4.39 Å². The van der Waals surface area contributed by atoms with Crippen molar-refractivity contribution in [2.75, 3.05) is 13.2 Å². The summed E-state index contributed by atoms with van der Waals surface area (Å²) in [7, 11) is -4.86. The number of carbonyl (C=O) groups is 1. The van der Waals surface area contributed by atoms with E-state index in [0.717, 1.165) is 6.07 Å². The molecule has 0 saturated carbocycles. The predicted octanol–water partition coefficient (Wildman–Crippen LogP) is 6.49. The quantitative estimate of drug-likeness (QED) is 0.196. The third-order valence-corrected chi connectivity index (χ3v) is 6.92. The van der Waals surface area contributed by atoms with Gasteiger partial charge in [-0.05, 0) is 58.9 Å². The van der Waals surface area contributed by atoms with Crippen LogP contribution in [0.4, 0.5) is 9.18 Å². The molecule has 3 rings (SSSR count). The van der Waals surface area contributed by atoms with Crippen LogP contribution in [0.5, 0.6) is 11.5 Å². The van der Waals surface area contributed by atoms with Crippen molar-refractivity contribution in [3.63, 3.8) is 0 Å². The van der Waals surface area contributed by atoms with E-state index in [1.54, 1.807) is 39.0 Å². The smallest absolute Gasteiger partial charge is 0.469 e. The SMILES string of the molecule is CC(C)Oc1ccc(-c2nnc(-c3cc(F)c(OCC(COP(=O)(O)O)NC(=O)OC(C)(C)C)cc3Cl)s2)cc1Cl. The number of rotatable bonds is 11. The second kappa shape index (κ2) is 13.6. The highest BCUT2D eigenvalue weighted by molar-refractivity contribution is 7.46. The van der Waals surface area contributed by atoms with E-state index in [1.165, 1.54) is 17.4 Å². The first kappa shape index (κ1) is 33.0. The Kier molecular flexibility index (Phi) is 11.0. The fraction of sp³-hybridized carbons (Fsp3) is 0.400. The van der Waals surface area contributed by atoms with Crippen molar-refractivity contribution in [1.29, 1.82) is 0 Å². The molecule has 16 heteroatoms. The second-order valence-electron chi connectivity index (χ2n) is 9.93. The van der Waals surface area contributed by atoms with Crippen LogP contribution in [0.3, 0.4) is 0 Å². The first-order valence-corrected chi connectivity index (χ1v) is 15.2. The van der Waals surface area contributed by atoms with Gasteiger partial charge in [-0.1, -0.05) is 34.5 Å². The van der Waals surface area contributed by atoms with Crippen LogP contribution in [-0.4, -0.2) is 57.0 Å². The van der Waals surface area contributed by atoms with Crippen LogP contribution in [0.1, 0.15) is 34.6 Å². The van der Waals surface area contributed by atoms with Crippen LogP contribution in [0, 0.1) is 5.82 Å². The Morgan fingerprint density at radius 3 is 2.37 bits per heavy atom. The Morgan fingerprint density at radius 1 is 1.07 bits per heavy atom. The Balaban J connectivity index is 1.75. The molecule has 0 aliphatic heterocycles. The highest BCUT2D eigenvalue weighted by Gasteiger charge is 2.24. The molecule has 1 unspecified atom stereocenters. The molecule has 1 atom stereocenters. The van der Waals surface area contributed by atoms with Crippen molar-refractivity contribution in [1.82, 2.24) is 15.5 Å². The Labute approximate surface area is 250 Å². The molecule has 224 valence electrons. The summed E-state index contributed by atoms with van der Waals surface area (Å²) in [6.45, 7) is 7.62. The average molecular weight is 652 g/mol. The Hall–Kier alpha value is -2.51. The number of phosphoric ester groups is 1. The van der Waals surface area contributed by atoms with E-state index in [2.05, 4.69) is 20.0 Å². The fourth-order valence-corrected chi connectivity index (χ4v) is 4.99. The van der Waals surface area contributed by atoms with E-state index in [4.69, 9.17) is 47.2 Å². The minimum atomic E-state index is -4.86. The molecule has 3 N–H and O–H groups in total. The Morgan fingerprint density at radius 2 is 1.76 bits per heavy atom. The van der Waals surface area contributed by atoms with Crippen molar-refractivity contribution in [2.45, 2.75) is 52.4 Å². The number of alkyl carbamates (subject to hydrolysis) is 1. The van der Waals surface area contributed by atoms with Gasteiger partial charge in [0, 0.05) is 17.2 Å². The highest BCUT2D eigenvalue weighted by atomic mass is 35.5. The summed E-state index contributed by atoms with van der Waals surface area (Å²) < 4.78 is 46.9. The Bertz CT molecular complexity index is 1430. The van der Waals surface area contributed by atoms with Crippen molar-refractivity contribution in [2.24, 2.45) is 0 Å². The van der Waals surface area contributed by atoms with Gasteiger partial charge in [0.2, 0.25) is 0 Å². The summed E-state index contributed by atoms with van der Waals surface area (Å²) in [5.41, 5.74) is 0.115. The normalized spacial score (nSPS) is 12.8. The van der Waals surface area contributed by atoms with Gasteiger partial charge in [0.25, 0.3) is 0 Å². The van der Waals surface area contributed by atoms with Crippen LogP contribution in [-0.2, 0) is 13.8 Å². The molecule has 0 aliphatic rings. The molecule has 0 fully saturated rings. The van der Waals surface area contributed by atoms with Gasteiger partial charge >= 0.3 is 13.9 Å². The number of carbonyl (C=O) groups excluding carboxylic acids is 1. The molecule has 0 saturated heterocycles. The number of amides is 1. The van der Waals surface area contributed by atoms with Crippen LogP contribution in [0.2, 0.25) is 10.0 Å². The molecule has 3 aromatic rings. The fourth-order valence-electron chi connectivity index (χ4n) is 3.22. The third-order valence-electron chi connectivity index (χ3n) is 4.82. The summed E-state index contributed by atoms with van der Waals surface area (Å²) >= 11 is 13.9. The first-order chi connectivity index (χ1) is 19.0. The highest BCUT2D eigenvalue weighted by Crippen LogP contribution is 2.39. The molecule has 11 nitrogen and oxygen atoms in total. The van der Waals surface area contributed by atoms with Gasteiger partial charge in [0.1, 0.15) is 28.0 Å². The third kappa shape index (κ3) is 10.4. The number of nitrogens with one attached hydrogen (secondary N) is 1. The zero-order valence-corrected chi connectivity index (χ0v) is 25.9. The van der Waals surface area contributed by atoms with Gasteiger partial charge in [-0.25, -0.2) is 13.8 Å². The van der Waals surface area contributed by atoms with Crippen LogP contribution >= 0.6 is 42.4 Å². The monoisotopic (exact) mass is 651 g/mol. The van der Waals surface area contributed by atoms with Gasteiger partial charge in [0.15, 0.2) is 11.6 Å². The molecular weight excluding hydrogens is 623 g/mol. The molecule has 0 radical (unpaired) electrons. The maximum Gasteiger partial charge on any atom is 0.469 e. The van der Waals surface area contributed by atoms with Crippen LogP contribution in [0.25, 0.3) is 21.1 Å². The largest absolute Gasteiger partial charge is 0.489 e. The van der Waals surface area contributed by atoms with Crippen molar-refractivity contribution < 1.29 is 42.3 Å². The topological polar surface area (TPSA) is 149 Å². The number of nitrogens with zero attached hydrogens (tertiary/aromatic N) is 2. The van der Waals surface area contributed by atoms with E-state index in [9.17, 15) is 9.36 Å². The van der Waals surface area contributed by atoms with E-state index in [-0.39, 0.29) is 22.4 Å². The molecule has 0 spiro atoms. The lowest BCUT2D eigenvalue weighted by Gasteiger charge is -2.24. The van der Waals surface area contributed by atoms with E-state index in [1.807, 2.05) is 13.8 Å². The zero-order chi connectivity index (χ0) is 30.5. The summed E-state index contributed by atoms with van der Waals surface area (Å²) in [6, 6.07) is 6.44. The molecule has 41 heavy (non-hydrogen) atoms. The van der Waals surface area contributed by atoms with Gasteiger partial charge in [0.05, 0.1) is 28.8 Å². The van der Waals surface area contributed by atoms with Gasteiger partial charge in [-0.3, -0.25) is 4.52 Å². The molecule has 0 bridgehead atoms. The number of aromatic nitrogens is 2. The van der Waals surface area contributed by atoms with Crippen molar-refractivity contribution in [3.8, 4) is 32.6 Å². The molecule has 2 aromatic carbocycles. The van der Waals surface area contributed by atoms with Crippen LogP contribution in [0.15, 0.2) is 30.3 Å². The van der Waals surface area contributed by atoms with Gasteiger partial charge in [-0.2, -0.15) is 0 Å². The number of hydrogen-bond acceptors (Lipinski definition) is 9. The second-order valence-corrected chi connectivity index (χ2v) is 13.0. The molecule has 0 aliphatic carbocycles. The zero-order valence-electron chi connectivity index (χ0n) is 22.7. The van der Waals surface area contributed by atoms with Crippen molar-refractivity contribution in [3.05, 3.63) is 46.2 Å². The summed E-state index contributed by atoms with van der Waals surface area (Å²) in [6.07, 6.45) is -0.930. The van der Waals surface area contributed by atoms with Gasteiger partial charge in [-0.15, -0.1) is 10.2 Å². The minimum absolute atomic E-state index is 0.0457. The molecule has 1 amide bonds. The summed E-state index contributed by atoms with van der Waals surface area (Å²) in [4.78, 5) is 30.2. The number of hydrogen-bond donors (Lipinski definition) is 3. The van der Waals surface area contributed by atoms with E-state index in [0.29, 0.717) is 26.4 Å². The number of benzene rings is 2. The minimum Gasteiger partial charge on any atom is -0.489 e. The number of halogens is 3. The summed E-state index contributed by atoms with van der Waals surface area (Å²) in [5, 5.41) is 12.0. The molecular formula is C25H29Cl2FN3O8PS. The maximum absolute atomic E-state index is 15.0. The lowest BCUT2D eigenvalue weighted by Crippen LogP contribution is -2.44. The van der Waals surface area contributed by atoms with Crippen LogP contribution < -0.4 is 14.8 Å². The first-order valence-electron chi connectivity index (χ1n) is 12.1. The van der Waals surface area contributed by atoms with E-state index < -0.39 is 44.6 Å². The summed E-state index contributed by atoms with van der Waals surface area (Å²) in [5.74, 6) is -0.540. The average Bonchev–Trinajstić information content (AvgIpc) is 3.32. The standard InChI is InChI=1S/C25H29Cl2FN3O8PS/c1-13(2)38-20-7-6-14(8-18(20)27)22-30-31-23(41-22)16-9-19(28)21(10-17(16)26)36-11-15(12-37-40(33,34)35)29-24(32)39-25(3,4)5/h6-10,13,15H,11-12H2,1-5H3,(H,29,32)(H2,33,34,35). The number of phosphoric acid groups is 1.